The van der Waals surface area contributed by atoms with Crippen LogP contribution in [0.1, 0.15) is 11.1 Å². The van der Waals surface area contributed by atoms with Crippen LogP contribution in [0.15, 0.2) is 79.4 Å². The number of para-hydroxylation sites is 2. The predicted octanol–water partition coefficient (Wildman–Crippen LogP) is 8.57. The molecule has 36 heavy (non-hydrogen) atoms. The molecule has 190 valence electrons. The van der Waals surface area contributed by atoms with Gasteiger partial charge in [-0.2, -0.15) is 26.3 Å². The quantitative estimate of drug-likeness (QED) is 0.127. The number of nitrogens with zero attached hydrogens (tertiary/aromatic N) is 2. The van der Waals surface area contributed by atoms with Crippen molar-refractivity contribution >= 4 is 72.4 Å². The van der Waals surface area contributed by atoms with Gasteiger partial charge in [-0.3, -0.25) is 5.73 Å². The van der Waals surface area contributed by atoms with Crippen LogP contribution >= 0.6 is 55.4 Å². The molecule has 2 N–H and O–H groups in total. The SMILES string of the molecule is Nc1n(CSc2ccc(C(F)(F)F)cc2Br)c2ccccc2[n+]1CSc1ccc(C(F)(F)F)cc1Br. The molecule has 0 aliphatic rings. The van der Waals surface area contributed by atoms with Crippen LogP contribution in [0.4, 0.5) is 32.3 Å². The van der Waals surface area contributed by atoms with E-state index in [-0.39, 0.29) is 0 Å². The molecule has 4 aromatic rings. The lowest BCUT2D eigenvalue weighted by Crippen LogP contribution is -2.35. The van der Waals surface area contributed by atoms with Gasteiger partial charge in [-0.05, 0) is 80.4 Å². The topological polar surface area (TPSA) is 34.8 Å². The van der Waals surface area contributed by atoms with Gasteiger partial charge in [-0.1, -0.05) is 35.7 Å². The Morgan fingerprint density at radius 2 is 1.31 bits per heavy atom. The Morgan fingerprint density at radius 3 is 1.83 bits per heavy atom. The molecule has 0 fully saturated rings. The minimum atomic E-state index is -4.43. The summed E-state index contributed by atoms with van der Waals surface area (Å²) in [5.41, 5.74) is 6.61. The highest BCUT2D eigenvalue weighted by atomic mass is 79.9. The summed E-state index contributed by atoms with van der Waals surface area (Å²) < 4.78 is 82.1. The summed E-state index contributed by atoms with van der Waals surface area (Å²) in [5.74, 6) is 1.07. The molecule has 1 aromatic heterocycles. The Bertz CT molecular complexity index is 1320. The number of rotatable bonds is 6. The van der Waals surface area contributed by atoms with Crippen LogP contribution in [0.5, 0.6) is 0 Å². The second-order valence-electron chi connectivity index (χ2n) is 7.54. The number of nitrogen functional groups attached to an aromatic ring is 1. The van der Waals surface area contributed by atoms with Gasteiger partial charge in [-0.25, -0.2) is 9.13 Å². The van der Waals surface area contributed by atoms with Crippen LogP contribution in [0, 0.1) is 0 Å². The number of imidazole rings is 1. The molecule has 13 heteroatoms. The third-order valence-electron chi connectivity index (χ3n) is 5.23. The second kappa shape index (κ2) is 10.5. The summed E-state index contributed by atoms with van der Waals surface area (Å²) in [5, 5.41) is 0. The lowest BCUT2D eigenvalue weighted by Gasteiger charge is -2.10. The van der Waals surface area contributed by atoms with E-state index in [2.05, 4.69) is 31.9 Å². The van der Waals surface area contributed by atoms with Crippen molar-refractivity contribution in [2.75, 3.05) is 5.73 Å². The highest BCUT2D eigenvalue weighted by molar-refractivity contribution is 9.10. The van der Waals surface area contributed by atoms with Crippen LogP contribution < -0.4 is 10.3 Å². The first kappa shape index (κ1) is 27.2. The number of halogens is 8. The lowest BCUT2D eigenvalue weighted by molar-refractivity contribution is -0.635. The number of hydrogen-bond acceptors (Lipinski definition) is 3. The monoisotopic (exact) mass is 670 g/mol. The molecule has 1 heterocycles. The van der Waals surface area contributed by atoms with E-state index in [1.54, 1.807) is 0 Å². The van der Waals surface area contributed by atoms with E-state index in [9.17, 15) is 26.3 Å². The fraction of sp³-hybridized carbons (Fsp3) is 0.174. The molecule has 0 aliphatic carbocycles. The van der Waals surface area contributed by atoms with Crippen LogP contribution in [-0.4, -0.2) is 4.57 Å². The highest BCUT2D eigenvalue weighted by Crippen LogP contribution is 2.38. The molecule has 0 amide bonds. The first-order valence-electron chi connectivity index (χ1n) is 10.1. The molecule has 3 nitrogen and oxygen atoms in total. The standard InChI is InChI=1S/C23H15Br2F6N3S2/c24-15-9-13(22(26,27)28)5-7-19(15)35-11-33-17-3-1-2-4-18(17)34(21(33)32)12-36-20-8-6-14(10-16(20)25)23(29,30)31/h1-10,32H,11-12H2/p+1. The van der Waals surface area contributed by atoms with Crippen molar-refractivity contribution in [3.05, 3.63) is 80.7 Å². The van der Waals surface area contributed by atoms with Gasteiger partial charge >= 0.3 is 18.3 Å². The molecule has 0 aliphatic heterocycles. The van der Waals surface area contributed by atoms with Gasteiger partial charge in [0.15, 0.2) is 0 Å². The highest BCUT2D eigenvalue weighted by Gasteiger charge is 2.32. The zero-order chi connectivity index (χ0) is 26.3. The smallest absolute Gasteiger partial charge is 0.290 e. The van der Waals surface area contributed by atoms with Crippen molar-refractivity contribution in [2.24, 2.45) is 0 Å². The zero-order valence-electron chi connectivity index (χ0n) is 18.0. The van der Waals surface area contributed by atoms with Crippen molar-refractivity contribution in [1.29, 1.82) is 0 Å². The summed E-state index contributed by atoms with van der Waals surface area (Å²) in [6, 6.07) is 14.4. The largest absolute Gasteiger partial charge is 0.416 e. The second-order valence-corrected chi connectivity index (χ2v) is 11.2. The Balaban J connectivity index is 1.58. The fourth-order valence-electron chi connectivity index (χ4n) is 3.44. The first-order valence-corrected chi connectivity index (χ1v) is 13.7. The molecule has 0 saturated carbocycles. The Hall–Kier alpha value is -1.83. The maximum atomic E-state index is 13.0. The average molecular weight is 672 g/mol. The van der Waals surface area contributed by atoms with Gasteiger partial charge in [0, 0.05) is 18.7 Å². The van der Waals surface area contributed by atoms with E-state index in [1.807, 2.05) is 33.4 Å². The van der Waals surface area contributed by atoms with E-state index < -0.39 is 23.5 Å². The van der Waals surface area contributed by atoms with Crippen molar-refractivity contribution in [3.8, 4) is 0 Å². The van der Waals surface area contributed by atoms with Gasteiger partial charge in [0.2, 0.25) is 0 Å². The molecule has 0 bridgehead atoms. The van der Waals surface area contributed by atoms with Gasteiger partial charge < -0.3 is 0 Å². The first-order chi connectivity index (χ1) is 16.9. The molecule has 0 atom stereocenters. The predicted molar refractivity (Wildman–Crippen MR) is 137 cm³/mol. The summed E-state index contributed by atoms with van der Waals surface area (Å²) in [7, 11) is 0. The van der Waals surface area contributed by atoms with E-state index in [4.69, 9.17) is 5.73 Å². The Morgan fingerprint density at radius 1 is 0.778 bits per heavy atom. The van der Waals surface area contributed by atoms with Crippen LogP contribution in [0.3, 0.4) is 0 Å². The summed E-state index contributed by atoms with van der Waals surface area (Å²) in [4.78, 5) is 1.24. The van der Waals surface area contributed by atoms with Gasteiger partial charge in [0.05, 0.1) is 11.1 Å². The van der Waals surface area contributed by atoms with Crippen LogP contribution in [0.2, 0.25) is 0 Å². The maximum absolute atomic E-state index is 13.0. The number of alkyl halides is 6. The lowest BCUT2D eigenvalue weighted by atomic mass is 10.2. The minimum Gasteiger partial charge on any atom is -0.290 e. The molecular weight excluding hydrogens is 656 g/mol. The third-order valence-corrected chi connectivity index (χ3v) is 9.18. The van der Waals surface area contributed by atoms with Crippen LogP contribution in [-0.2, 0) is 24.1 Å². The minimum absolute atomic E-state index is 0.327. The fourth-order valence-corrected chi connectivity index (χ4v) is 6.69. The van der Waals surface area contributed by atoms with E-state index >= 15 is 0 Å². The number of fused-ring (bicyclic) bond motifs is 1. The molecule has 0 saturated heterocycles. The zero-order valence-corrected chi connectivity index (χ0v) is 22.8. The number of thioether (sulfide) groups is 2. The normalized spacial score (nSPS) is 12.4. The van der Waals surface area contributed by atoms with E-state index in [0.717, 1.165) is 35.3 Å². The van der Waals surface area contributed by atoms with Gasteiger partial charge in [0.25, 0.3) is 0 Å². The number of hydrogen-bond donors (Lipinski definition) is 1. The Kier molecular flexibility index (Phi) is 7.94. The maximum Gasteiger partial charge on any atom is 0.416 e. The third kappa shape index (κ3) is 5.84. The average Bonchev–Trinajstić information content (AvgIpc) is 3.06. The number of aromatic nitrogens is 2. The molecule has 0 radical (unpaired) electrons. The molecule has 0 unspecified atom stereocenters. The molecular formula is C23H16Br2F6N3S2+. The van der Waals surface area contributed by atoms with Crippen molar-refractivity contribution in [3.63, 3.8) is 0 Å². The Labute approximate surface area is 227 Å². The van der Waals surface area contributed by atoms with Crippen LogP contribution in [0.25, 0.3) is 11.0 Å². The van der Waals surface area contributed by atoms with Crippen molar-refractivity contribution in [2.45, 2.75) is 33.9 Å². The number of nitrogens with two attached hydrogens (primary N) is 1. The summed E-state index contributed by atoms with van der Waals surface area (Å²) in [6.07, 6.45) is -8.86. The molecule has 4 rings (SSSR count). The summed E-state index contributed by atoms with van der Waals surface area (Å²) in [6.45, 7) is 0. The summed E-state index contributed by atoms with van der Waals surface area (Å²) >= 11 is 9.07. The molecule has 3 aromatic carbocycles. The van der Waals surface area contributed by atoms with Crippen molar-refractivity contribution in [1.82, 2.24) is 4.57 Å². The number of anilines is 1. The van der Waals surface area contributed by atoms with E-state index in [1.165, 1.54) is 35.7 Å². The van der Waals surface area contributed by atoms with Gasteiger partial charge in [0.1, 0.15) is 22.8 Å². The number of benzene rings is 3. The molecule has 0 spiro atoms. The van der Waals surface area contributed by atoms with Crippen molar-refractivity contribution < 1.29 is 30.9 Å². The van der Waals surface area contributed by atoms with Gasteiger partial charge in [-0.15, -0.1) is 0 Å². The van der Waals surface area contributed by atoms with E-state index in [0.29, 0.717) is 36.4 Å².